The molecule has 0 spiro atoms. The van der Waals surface area contributed by atoms with Crippen molar-refractivity contribution in [2.24, 2.45) is 0 Å². The van der Waals surface area contributed by atoms with E-state index in [2.05, 4.69) is 5.32 Å². The van der Waals surface area contributed by atoms with Crippen LogP contribution in [0.1, 0.15) is 38.8 Å². The summed E-state index contributed by atoms with van der Waals surface area (Å²) in [5.74, 6) is 0.0553. The molecule has 1 amide bonds. The standard InChI is InChI=1S/C20H22F3NO2/c1-13(26-17-11-6-5-10-16(17)19(2,3)4)18(25)24-15-9-7-8-14(12-15)20(21,22)23/h5-13H,1-4H3,(H,24,25). The molecule has 0 aliphatic carbocycles. The Morgan fingerprint density at radius 1 is 1.04 bits per heavy atom. The van der Waals surface area contributed by atoms with Crippen molar-refractivity contribution in [3.8, 4) is 5.75 Å². The maximum atomic E-state index is 12.8. The summed E-state index contributed by atoms with van der Waals surface area (Å²) < 4.78 is 44.1. The van der Waals surface area contributed by atoms with Crippen LogP contribution < -0.4 is 10.1 Å². The molecule has 0 saturated heterocycles. The molecule has 0 aliphatic heterocycles. The van der Waals surface area contributed by atoms with Gasteiger partial charge in [0.1, 0.15) is 5.75 Å². The quantitative estimate of drug-likeness (QED) is 0.787. The van der Waals surface area contributed by atoms with Crippen molar-refractivity contribution in [2.45, 2.75) is 45.4 Å². The summed E-state index contributed by atoms with van der Waals surface area (Å²) in [6.07, 6.45) is -5.33. The van der Waals surface area contributed by atoms with Gasteiger partial charge in [0.15, 0.2) is 6.10 Å². The van der Waals surface area contributed by atoms with E-state index in [1.54, 1.807) is 13.0 Å². The number of carbonyl (C=O) groups excluding carboxylic acids is 1. The number of hydrogen-bond donors (Lipinski definition) is 1. The van der Waals surface area contributed by atoms with Gasteiger partial charge in [-0.25, -0.2) is 0 Å². The maximum absolute atomic E-state index is 12.8. The number of anilines is 1. The number of ether oxygens (including phenoxy) is 1. The van der Waals surface area contributed by atoms with E-state index in [4.69, 9.17) is 4.74 Å². The van der Waals surface area contributed by atoms with Crippen molar-refractivity contribution >= 4 is 11.6 Å². The van der Waals surface area contributed by atoms with E-state index in [1.807, 2.05) is 39.0 Å². The van der Waals surface area contributed by atoms with Crippen molar-refractivity contribution in [3.05, 3.63) is 59.7 Å². The molecule has 0 aromatic heterocycles. The molecule has 1 unspecified atom stereocenters. The van der Waals surface area contributed by atoms with Gasteiger partial charge >= 0.3 is 6.18 Å². The second kappa shape index (κ2) is 7.40. The van der Waals surface area contributed by atoms with Crippen LogP contribution in [0.4, 0.5) is 18.9 Å². The highest BCUT2D eigenvalue weighted by Crippen LogP contribution is 2.32. The highest BCUT2D eigenvalue weighted by Gasteiger charge is 2.30. The van der Waals surface area contributed by atoms with Gasteiger partial charge in [-0.1, -0.05) is 45.0 Å². The Balaban J connectivity index is 2.12. The Hall–Kier alpha value is -2.50. The smallest absolute Gasteiger partial charge is 0.416 e. The normalized spacial score (nSPS) is 13.2. The molecule has 0 heterocycles. The third-order valence-corrected chi connectivity index (χ3v) is 3.83. The molecule has 1 atom stereocenters. The number of carbonyl (C=O) groups is 1. The molecule has 1 N–H and O–H groups in total. The molecule has 6 heteroatoms. The number of amides is 1. The summed E-state index contributed by atoms with van der Waals surface area (Å²) in [5.41, 5.74) is 0.0263. The van der Waals surface area contributed by atoms with Gasteiger partial charge in [-0.3, -0.25) is 4.79 Å². The van der Waals surface area contributed by atoms with E-state index in [0.717, 1.165) is 17.7 Å². The second-order valence-corrected chi connectivity index (χ2v) is 7.07. The molecule has 0 bridgehead atoms. The average molecular weight is 365 g/mol. The summed E-state index contributed by atoms with van der Waals surface area (Å²) in [7, 11) is 0. The first-order valence-electron chi connectivity index (χ1n) is 8.23. The van der Waals surface area contributed by atoms with Crippen LogP contribution in [0, 0.1) is 0 Å². The molecule has 26 heavy (non-hydrogen) atoms. The van der Waals surface area contributed by atoms with E-state index in [0.29, 0.717) is 5.75 Å². The third-order valence-electron chi connectivity index (χ3n) is 3.83. The van der Waals surface area contributed by atoms with E-state index < -0.39 is 23.8 Å². The third kappa shape index (κ3) is 5.00. The van der Waals surface area contributed by atoms with Crippen molar-refractivity contribution in [2.75, 3.05) is 5.32 Å². The fourth-order valence-electron chi connectivity index (χ4n) is 2.45. The van der Waals surface area contributed by atoms with Crippen LogP contribution in [-0.4, -0.2) is 12.0 Å². The minimum absolute atomic E-state index is 0.0735. The highest BCUT2D eigenvalue weighted by molar-refractivity contribution is 5.94. The van der Waals surface area contributed by atoms with E-state index in [1.165, 1.54) is 12.1 Å². The molecule has 0 radical (unpaired) electrons. The Kier molecular flexibility index (Phi) is 5.64. The van der Waals surface area contributed by atoms with Crippen molar-refractivity contribution in [3.63, 3.8) is 0 Å². The predicted octanol–water partition coefficient (Wildman–Crippen LogP) is 5.41. The zero-order valence-corrected chi connectivity index (χ0v) is 15.1. The lowest BCUT2D eigenvalue weighted by Crippen LogP contribution is -2.31. The first-order valence-corrected chi connectivity index (χ1v) is 8.23. The molecular weight excluding hydrogens is 343 g/mol. The van der Waals surface area contributed by atoms with Crippen LogP contribution in [0.3, 0.4) is 0 Å². The lowest BCUT2D eigenvalue weighted by atomic mass is 9.86. The van der Waals surface area contributed by atoms with Gasteiger partial charge in [-0.05, 0) is 42.2 Å². The van der Waals surface area contributed by atoms with Gasteiger partial charge in [0, 0.05) is 5.69 Å². The minimum Gasteiger partial charge on any atom is -0.481 e. The van der Waals surface area contributed by atoms with Crippen LogP contribution in [0.15, 0.2) is 48.5 Å². The summed E-state index contributed by atoms with van der Waals surface area (Å²) >= 11 is 0. The molecule has 3 nitrogen and oxygen atoms in total. The Morgan fingerprint density at radius 3 is 2.31 bits per heavy atom. The lowest BCUT2D eigenvalue weighted by molar-refractivity contribution is -0.137. The van der Waals surface area contributed by atoms with Crippen LogP contribution in [0.5, 0.6) is 5.75 Å². The van der Waals surface area contributed by atoms with E-state index >= 15 is 0 Å². The molecule has 2 rings (SSSR count). The van der Waals surface area contributed by atoms with Gasteiger partial charge in [-0.15, -0.1) is 0 Å². The number of benzene rings is 2. The number of alkyl halides is 3. The van der Waals surface area contributed by atoms with Gasteiger partial charge in [0.2, 0.25) is 0 Å². The molecule has 0 aliphatic rings. The Bertz CT molecular complexity index is 779. The summed E-state index contributed by atoms with van der Waals surface area (Å²) in [5, 5.41) is 2.47. The van der Waals surface area contributed by atoms with Crippen LogP contribution in [0.25, 0.3) is 0 Å². The first-order chi connectivity index (χ1) is 12.0. The topological polar surface area (TPSA) is 38.3 Å². The molecule has 140 valence electrons. The van der Waals surface area contributed by atoms with Gasteiger partial charge in [-0.2, -0.15) is 13.2 Å². The van der Waals surface area contributed by atoms with Crippen molar-refractivity contribution in [1.29, 1.82) is 0 Å². The largest absolute Gasteiger partial charge is 0.481 e. The first kappa shape index (κ1) is 19.8. The molecule has 2 aromatic carbocycles. The fraction of sp³-hybridized carbons (Fsp3) is 0.350. The van der Waals surface area contributed by atoms with Crippen molar-refractivity contribution in [1.82, 2.24) is 0 Å². The Labute approximate surface area is 151 Å². The van der Waals surface area contributed by atoms with E-state index in [9.17, 15) is 18.0 Å². The highest BCUT2D eigenvalue weighted by atomic mass is 19.4. The van der Waals surface area contributed by atoms with Gasteiger partial charge < -0.3 is 10.1 Å². The van der Waals surface area contributed by atoms with Crippen LogP contribution in [0.2, 0.25) is 0 Å². The fourth-order valence-corrected chi connectivity index (χ4v) is 2.45. The number of para-hydroxylation sites is 1. The molecule has 0 saturated carbocycles. The number of nitrogens with one attached hydrogen (secondary N) is 1. The maximum Gasteiger partial charge on any atom is 0.416 e. The molecule has 0 fully saturated rings. The lowest BCUT2D eigenvalue weighted by Gasteiger charge is -2.24. The van der Waals surface area contributed by atoms with Crippen molar-refractivity contribution < 1.29 is 22.7 Å². The zero-order valence-electron chi connectivity index (χ0n) is 15.1. The SMILES string of the molecule is CC(Oc1ccccc1C(C)(C)C)C(=O)Nc1cccc(C(F)(F)F)c1. The summed E-state index contributed by atoms with van der Waals surface area (Å²) in [6.45, 7) is 7.65. The number of rotatable bonds is 4. The molecular formula is C20H22F3NO2. The monoisotopic (exact) mass is 365 g/mol. The average Bonchev–Trinajstić information content (AvgIpc) is 2.53. The summed E-state index contributed by atoms with van der Waals surface area (Å²) in [4.78, 5) is 12.3. The van der Waals surface area contributed by atoms with E-state index in [-0.39, 0.29) is 11.1 Å². The van der Waals surface area contributed by atoms with Crippen LogP contribution in [-0.2, 0) is 16.4 Å². The molecule has 2 aromatic rings. The minimum atomic E-state index is -4.46. The van der Waals surface area contributed by atoms with Crippen LogP contribution >= 0.6 is 0 Å². The number of halogens is 3. The Morgan fingerprint density at radius 2 is 1.69 bits per heavy atom. The van der Waals surface area contributed by atoms with Gasteiger partial charge in [0.25, 0.3) is 5.91 Å². The summed E-state index contributed by atoms with van der Waals surface area (Å²) in [6, 6.07) is 11.9. The zero-order chi connectivity index (χ0) is 19.5. The predicted molar refractivity (Wildman–Crippen MR) is 95.3 cm³/mol. The number of hydrogen-bond acceptors (Lipinski definition) is 2. The van der Waals surface area contributed by atoms with Gasteiger partial charge in [0.05, 0.1) is 5.56 Å². The second-order valence-electron chi connectivity index (χ2n) is 7.07.